The lowest BCUT2D eigenvalue weighted by Gasteiger charge is -2.40. The first-order valence-corrected chi connectivity index (χ1v) is 11.3. The fourth-order valence-corrected chi connectivity index (χ4v) is 5.45. The van der Waals surface area contributed by atoms with Gasteiger partial charge in [0, 0.05) is 33.4 Å². The van der Waals surface area contributed by atoms with Gasteiger partial charge in [-0.3, -0.25) is 4.79 Å². The van der Waals surface area contributed by atoms with Crippen molar-refractivity contribution < 1.29 is 19.4 Å². The molecule has 5 nitrogen and oxygen atoms in total. The number of esters is 1. The fourth-order valence-electron chi connectivity index (χ4n) is 4.19. The number of rotatable bonds is 4. The van der Waals surface area contributed by atoms with Gasteiger partial charge < -0.3 is 15.2 Å². The molecule has 0 fully saturated rings. The van der Waals surface area contributed by atoms with Gasteiger partial charge >= 0.3 is 5.97 Å². The number of carbonyl (C=O) groups is 2. The van der Waals surface area contributed by atoms with Gasteiger partial charge in [-0.1, -0.05) is 36.7 Å². The average Bonchev–Trinajstić information content (AvgIpc) is 2.62. The third kappa shape index (κ3) is 4.17. The summed E-state index contributed by atoms with van der Waals surface area (Å²) < 4.78 is 6.58. The topological polar surface area (TPSA) is 75.6 Å². The van der Waals surface area contributed by atoms with Crippen LogP contribution in [-0.2, 0) is 14.3 Å². The molecular formula is C22H25Br2NO4. The zero-order chi connectivity index (χ0) is 21.5. The van der Waals surface area contributed by atoms with Crippen LogP contribution in [0.5, 0.6) is 5.75 Å². The number of phenols is 1. The van der Waals surface area contributed by atoms with Crippen LogP contribution in [-0.4, -0.2) is 23.5 Å². The molecule has 29 heavy (non-hydrogen) atoms. The van der Waals surface area contributed by atoms with Gasteiger partial charge in [-0.2, -0.15) is 0 Å². The predicted octanol–water partition coefficient (Wildman–Crippen LogP) is 5.47. The Morgan fingerprint density at radius 3 is 2.59 bits per heavy atom. The van der Waals surface area contributed by atoms with Crippen LogP contribution in [0.15, 0.2) is 43.6 Å². The van der Waals surface area contributed by atoms with Crippen LogP contribution >= 0.6 is 31.9 Å². The second-order valence-corrected chi connectivity index (χ2v) is 9.95. The quantitative estimate of drug-likeness (QED) is 0.508. The van der Waals surface area contributed by atoms with Crippen LogP contribution in [0.3, 0.4) is 0 Å². The zero-order valence-electron chi connectivity index (χ0n) is 17.0. The fraction of sp³-hybridized carbons (Fsp3) is 0.455. The van der Waals surface area contributed by atoms with Crippen molar-refractivity contribution in [1.82, 2.24) is 5.32 Å². The molecule has 0 aromatic heterocycles. The Morgan fingerprint density at radius 1 is 1.28 bits per heavy atom. The molecule has 2 aliphatic rings. The van der Waals surface area contributed by atoms with Crippen LogP contribution in [0.1, 0.15) is 58.4 Å². The Labute approximate surface area is 187 Å². The molecule has 1 aromatic rings. The van der Waals surface area contributed by atoms with Crippen molar-refractivity contribution in [2.24, 2.45) is 5.41 Å². The standard InChI is InChI=1S/C22H25Br2NO4/c1-5-14-19(21(28)29-6-2)17(12-7-11(23)8-13(24)20(12)27)18-15(25-14)9-22(3,4)10-16(18)26/h7-8,17,25,27H,5-6,9-10H2,1-4H3. The SMILES string of the molecule is CCOC(=O)C1=C(CC)NC2=C(C(=O)CC(C)(C)C2)C1c1cc(Br)cc(Br)c1O. The summed E-state index contributed by atoms with van der Waals surface area (Å²) in [6.45, 7) is 8.06. The molecule has 156 valence electrons. The predicted molar refractivity (Wildman–Crippen MR) is 118 cm³/mol. The number of allylic oxidation sites excluding steroid dienone is 3. The molecule has 1 heterocycles. The largest absolute Gasteiger partial charge is 0.506 e. The highest BCUT2D eigenvalue weighted by Gasteiger charge is 2.44. The smallest absolute Gasteiger partial charge is 0.336 e. The first-order valence-electron chi connectivity index (χ1n) is 9.71. The van der Waals surface area contributed by atoms with Crippen molar-refractivity contribution in [3.8, 4) is 5.75 Å². The van der Waals surface area contributed by atoms with Gasteiger partial charge in [-0.25, -0.2) is 4.79 Å². The van der Waals surface area contributed by atoms with Crippen LogP contribution in [0, 0.1) is 5.41 Å². The lowest BCUT2D eigenvalue weighted by Crippen LogP contribution is -2.39. The summed E-state index contributed by atoms with van der Waals surface area (Å²) in [5, 5.41) is 14.2. The molecule has 0 saturated heterocycles. The Balaban J connectivity index is 2.31. The Hall–Kier alpha value is -1.60. The van der Waals surface area contributed by atoms with Crippen molar-refractivity contribution in [2.75, 3.05) is 6.61 Å². The van der Waals surface area contributed by atoms with Gasteiger partial charge in [0.2, 0.25) is 0 Å². The molecule has 1 aliphatic carbocycles. The molecule has 0 bridgehead atoms. The Morgan fingerprint density at radius 2 is 1.97 bits per heavy atom. The molecule has 1 aliphatic heterocycles. The molecule has 1 atom stereocenters. The average molecular weight is 527 g/mol. The lowest BCUT2D eigenvalue weighted by atomic mass is 9.68. The van der Waals surface area contributed by atoms with Crippen molar-refractivity contribution in [3.63, 3.8) is 0 Å². The monoisotopic (exact) mass is 525 g/mol. The second kappa shape index (κ2) is 8.26. The first-order chi connectivity index (χ1) is 13.6. The second-order valence-electron chi connectivity index (χ2n) is 8.18. The summed E-state index contributed by atoms with van der Waals surface area (Å²) in [6.07, 6.45) is 1.66. The number of dihydropyridines is 1. The van der Waals surface area contributed by atoms with Gasteiger partial charge in [-0.05, 0) is 53.2 Å². The highest BCUT2D eigenvalue weighted by Crippen LogP contribution is 2.50. The highest BCUT2D eigenvalue weighted by molar-refractivity contribution is 9.11. The van der Waals surface area contributed by atoms with Crippen LogP contribution in [0.2, 0.25) is 0 Å². The van der Waals surface area contributed by atoms with E-state index in [-0.39, 0.29) is 23.6 Å². The molecule has 3 rings (SSSR count). The van der Waals surface area contributed by atoms with E-state index in [1.165, 1.54) is 0 Å². The number of hydrogen-bond donors (Lipinski definition) is 2. The minimum Gasteiger partial charge on any atom is -0.506 e. The molecule has 0 amide bonds. The van der Waals surface area contributed by atoms with E-state index >= 15 is 0 Å². The number of hydrogen-bond acceptors (Lipinski definition) is 5. The Bertz CT molecular complexity index is 946. The molecule has 2 N–H and O–H groups in total. The molecule has 1 aromatic carbocycles. The van der Waals surface area contributed by atoms with Gasteiger partial charge in [0.05, 0.1) is 22.6 Å². The van der Waals surface area contributed by atoms with Gasteiger partial charge in [-0.15, -0.1) is 0 Å². The molecule has 0 spiro atoms. The number of aromatic hydroxyl groups is 1. The maximum atomic E-state index is 13.3. The zero-order valence-corrected chi connectivity index (χ0v) is 20.2. The number of phenolic OH excluding ortho intramolecular Hbond substituents is 1. The van der Waals surface area contributed by atoms with Crippen LogP contribution in [0.25, 0.3) is 0 Å². The lowest BCUT2D eigenvalue weighted by molar-refractivity contribution is -0.138. The van der Waals surface area contributed by atoms with E-state index in [2.05, 4.69) is 51.0 Å². The number of Topliss-reactive ketones (excluding diaryl/α,β-unsaturated/α-hetero) is 1. The van der Waals surface area contributed by atoms with Crippen molar-refractivity contribution >= 4 is 43.6 Å². The molecular weight excluding hydrogens is 502 g/mol. The van der Waals surface area contributed by atoms with E-state index in [4.69, 9.17) is 4.74 Å². The van der Waals surface area contributed by atoms with E-state index in [0.29, 0.717) is 40.4 Å². The third-order valence-electron chi connectivity index (χ3n) is 5.34. The summed E-state index contributed by atoms with van der Waals surface area (Å²) in [5.41, 5.74) is 2.83. The third-order valence-corrected chi connectivity index (χ3v) is 6.40. The van der Waals surface area contributed by atoms with Crippen LogP contribution < -0.4 is 5.32 Å². The summed E-state index contributed by atoms with van der Waals surface area (Å²) >= 11 is 6.84. The van der Waals surface area contributed by atoms with Crippen molar-refractivity contribution in [1.29, 1.82) is 0 Å². The first kappa shape index (κ1) is 22.1. The van der Waals surface area contributed by atoms with E-state index in [1.54, 1.807) is 19.1 Å². The van der Waals surface area contributed by atoms with Gasteiger partial charge in [0.15, 0.2) is 5.78 Å². The van der Waals surface area contributed by atoms with Crippen LogP contribution in [0.4, 0.5) is 0 Å². The summed E-state index contributed by atoms with van der Waals surface area (Å²) in [6, 6.07) is 3.50. The summed E-state index contributed by atoms with van der Waals surface area (Å²) in [4.78, 5) is 26.2. The molecule has 1 unspecified atom stereocenters. The number of halogens is 2. The highest BCUT2D eigenvalue weighted by atomic mass is 79.9. The molecule has 7 heteroatoms. The minimum atomic E-state index is -0.683. The van der Waals surface area contributed by atoms with E-state index in [0.717, 1.165) is 15.9 Å². The molecule has 0 saturated carbocycles. The maximum absolute atomic E-state index is 13.3. The summed E-state index contributed by atoms with van der Waals surface area (Å²) in [7, 11) is 0. The minimum absolute atomic E-state index is 0.0128. The maximum Gasteiger partial charge on any atom is 0.336 e. The number of nitrogens with one attached hydrogen (secondary N) is 1. The van der Waals surface area contributed by atoms with Gasteiger partial charge in [0.1, 0.15) is 5.75 Å². The van der Waals surface area contributed by atoms with E-state index in [1.807, 2.05) is 6.92 Å². The van der Waals surface area contributed by atoms with E-state index in [9.17, 15) is 14.7 Å². The number of ether oxygens (including phenoxy) is 1. The number of benzene rings is 1. The van der Waals surface area contributed by atoms with Gasteiger partial charge in [0.25, 0.3) is 0 Å². The Kier molecular flexibility index (Phi) is 6.30. The summed E-state index contributed by atoms with van der Waals surface area (Å²) in [5.74, 6) is -1.15. The normalized spacial score (nSPS) is 21.0. The van der Waals surface area contributed by atoms with Crippen molar-refractivity contribution in [3.05, 3.63) is 49.2 Å². The molecule has 0 radical (unpaired) electrons. The van der Waals surface area contributed by atoms with E-state index < -0.39 is 11.9 Å². The number of ketones is 1. The van der Waals surface area contributed by atoms with Crippen molar-refractivity contribution in [2.45, 2.75) is 52.9 Å². The number of carbonyl (C=O) groups excluding carboxylic acids is 2.